The molecule has 0 unspecified atom stereocenters. The summed E-state index contributed by atoms with van der Waals surface area (Å²) >= 11 is 0. The Balaban J connectivity index is 1.80. The Morgan fingerprint density at radius 2 is 1.41 bits per heavy atom. The van der Waals surface area contributed by atoms with Gasteiger partial charge in [-0.1, -0.05) is 48.6 Å². The van der Waals surface area contributed by atoms with Crippen LogP contribution in [0.3, 0.4) is 0 Å². The first kappa shape index (κ1) is 18.2. The summed E-state index contributed by atoms with van der Waals surface area (Å²) in [5, 5.41) is 0.383. The molecule has 1 fully saturated rings. The van der Waals surface area contributed by atoms with E-state index in [0.29, 0.717) is 5.57 Å². The minimum atomic E-state index is -3.70. The summed E-state index contributed by atoms with van der Waals surface area (Å²) < 4.78 is 52.1. The summed E-state index contributed by atoms with van der Waals surface area (Å²) in [6.07, 6.45) is 5.54. The van der Waals surface area contributed by atoms with Gasteiger partial charge in [-0.25, -0.2) is 16.8 Å². The van der Waals surface area contributed by atoms with Gasteiger partial charge in [0.2, 0.25) is 0 Å². The molecule has 1 saturated carbocycles. The van der Waals surface area contributed by atoms with E-state index in [9.17, 15) is 16.8 Å². The monoisotopic (exact) mass is 400 g/mol. The number of allylic oxidation sites excluding steroid dienone is 2. The quantitative estimate of drug-likeness (QED) is 0.733. The second-order valence-corrected chi connectivity index (χ2v) is 10.8. The van der Waals surface area contributed by atoms with E-state index in [1.165, 1.54) is 17.5 Å². The Kier molecular flexibility index (Phi) is 4.56. The lowest BCUT2D eigenvalue weighted by atomic mass is 9.65. The van der Waals surface area contributed by atoms with Gasteiger partial charge in [0.15, 0.2) is 19.7 Å². The van der Waals surface area contributed by atoms with Crippen molar-refractivity contribution in [3.8, 4) is 0 Å². The van der Waals surface area contributed by atoms with Crippen molar-refractivity contribution in [2.45, 2.75) is 27.9 Å². The lowest BCUT2D eigenvalue weighted by Crippen LogP contribution is -2.49. The maximum atomic E-state index is 13.2. The average Bonchev–Trinajstić information content (AvgIpc) is 2.68. The minimum Gasteiger partial charge on any atom is -0.223 e. The van der Waals surface area contributed by atoms with E-state index in [1.807, 2.05) is 12.2 Å². The zero-order valence-corrected chi connectivity index (χ0v) is 16.2. The Labute approximate surface area is 160 Å². The molecule has 2 aliphatic carbocycles. The van der Waals surface area contributed by atoms with Crippen molar-refractivity contribution in [1.29, 1.82) is 0 Å². The van der Waals surface area contributed by atoms with Gasteiger partial charge < -0.3 is 0 Å². The molecule has 2 aromatic rings. The van der Waals surface area contributed by atoms with E-state index in [0.717, 1.165) is 12.8 Å². The highest BCUT2D eigenvalue weighted by Gasteiger charge is 2.52. The highest BCUT2D eigenvalue weighted by atomic mass is 32.2. The molecule has 140 valence electrons. The number of hydrogen-bond acceptors (Lipinski definition) is 4. The molecule has 2 aromatic carbocycles. The molecule has 0 amide bonds. The van der Waals surface area contributed by atoms with Crippen LogP contribution >= 0.6 is 0 Å². The van der Waals surface area contributed by atoms with Gasteiger partial charge in [0.25, 0.3) is 0 Å². The van der Waals surface area contributed by atoms with E-state index in [-0.39, 0.29) is 21.6 Å². The first-order valence-corrected chi connectivity index (χ1v) is 12.0. The van der Waals surface area contributed by atoms with Crippen molar-refractivity contribution >= 4 is 19.7 Å². The van der Waals surface area contributed by atoms with Gasteiger partial charge >= 0.3 is 0 Å². The first-order valence-electron chi connectivity index (χ1n) is 8.88. The van der Waals surface area contributed by atoms with Gasteiger partial charge in [-0.05, 0) is 48.6 Å². The van der Waals surface area contributed by atoms with E-state index >= 15 is 0 Å². The zero-order chi connectivity index (χ0) is 19.1. The molecule has 0 heterocycles. The van der Waals surface area contributed by atoms with Gasteiger partial charge in [0.05, 0.1) is 15.0 Å². The third-order valence-corrected chi connectivity index (χ3v) is 9.04. The van der Waals surface area contributed by atoms with E-state index in [2.05, 4.69) is 0 Å². The van der Waals surface area contributed by atoms with Crippen LogP contribution < -0.4 is 0 Å². The lowest BCUT2D eigenvalue weighted by molar-refractivity contribution is 0.307. The molecule has 2 aliphatic rings. The van der Waals surface area contributed by atoms with E-state index < -0.39 is 24.9 Å². The van der Waals surface area contributed by atoms with Crippen LogP contribution in [-0.2, 0) is 19.7 Å². The Hall–Kier alpha value is -2.18. The molecule has 27 heavy (non-hydrogen) atoms. The van der Waals surface area contributed by atoms with Crippen LogP contribution in [0.4, 0.5) is 0 Å². The van der Waals surface area contributed by atoms with Crippen LogP contribution in [0.2, 0.25) is 0 Å². The first-order chi connectivity index (χ1) is 12.9. The fraction of sp³-hybridized carbons (Fsp3) is 0.238. The van der Waals surface area contributed by atoms with Crippen LogP contribution in [0.15, 0.2) is 93.6 Å². The van der Waals surface area contributed by atoms with Gasteiger partial charge in [-0.2, -0.15) is 0 Å². The summed E-state index contributed by atoms with van der Waals surface area (Å²) in [5.74, 6) is -0.196. The van der Waals surface area contributed by atoms with Crippen LogP contribution in [0.1, 0.15) is 12.8 Å². The highest BCUT2D eigenvalue weighted by molar-refractivity contribution is 7.94. The van der Waals surface area contributed by atoms with E-state index in [1.54, 1.807) is 48.5 Å². The maximum absolute atomic E-state index is 13.2. The van der Waals surface area contributed by atoms with Crippen molar-refractivity contribution in [1.82, 2.24) is 0 Å². The molecular weight excluding hydrogens is 380 g/mol. The molecule has 4 rings (SSSR count). The van der Waals surface area contributed by atoms with Crippen LogP contribution in [0.25, 0.3) is 0 Å². The number of rotatable bonds is 4. The van der Waals surface area contributed by atoms with E-state index in [4.69, 9.17) is 0 Å². The van der Waals surface area contributed by atoms with Crippen molar-refractivity contribution in [2.24, 2.45) is 11.8 Å². The Morgan fingerprint density at radius 3 is 2.04 bits per heavy atom. The van der Waals surface area contributed by atoms with Crippen molar-refractivity contribution < 1.29 is 16.8 Å². The number of hydrogen-bond donors (Lipinski definition) is 0. The average molecular weight is 401 g/mol. The largest absolute Gasteiger partial charge is 0.223 e. The summed E-state index contributed by atoms with van der Waals surface area (Å²) in [6.45, 7) is 0. The predicted molar refractivity (Wildman–Crippen MR) is 104 cm³/mol. The predicted octanol–water partition coefficient (Wildman–Crippen LogP) is 3.78. The molecule has 0 aliphatic heterocycles. The zero-order valence-electron chi connectivity index (χ0n) is 14.6. The molecule has 0 bridgehead atoms. The SMILES string of the molecule is O=S(=O)(/C=C1/[C@@H](S(=O)(=O)c2ccccc2)[C@H]2C=CCC[C@@H]12)c1ccccc1. The lowest BCUT2D eigenvalue weighted by Gasteiger charge is -2.47. The van der Waals surface area contributed by atoms with Gasteiger partial charge in [-0.3, -0.25) is 0 Å². The van der Waals surface area contributed by atoms with Crippen molar-refractivity contribution in [2.75, 3.05) is 0 Å². The molecule has 4 nitrogen and oxygen atoms in total. The summed E-state index contributed by atoms with van der Waals surface area (Å²) in [6, 6.07) is 16.4. The maximum Gasteiger partial charge on any atom is 0.199 e. The second-order valence-electron chi connectivity index (χ2n) is 6.94. The fourth-order valence-corrected chi connectivity index (χ4v) is 7.59. The molecule has 0 radical (unpaired) electrons. The van der Waals surface area contributed by atoms with Gasteiger partial charge in [0.1, 0.15) is 0 Å². The van der Waals surface area contributed by atoms with Crippen molar-refractivity contribution in [3.05, 3.63) is 83.8 Å². The molecule has 0 N–H and O–H groups in total. The van der Waals surface area contributed by atoms with Gasteiger partial charge in [0, 0.05) is 11.3 Å². The molecule has 0 aromatic heterocycles. The fourth-order valence-electron chi connectivity index (χ4n) is 4.03. The number of fused-ring (bicyclic) bond motifs is 1. The number of benzene rings is 2. The summed E-state index contributed by atoms with van der Waals surface area (Å²) in [7, 11) is -7.36. The Bertz CT molecular complexity index is 1100. The third-order valence-electron chi connectivity index (χ3n) is 5.34. The van der Waals surface area contributed by atoms with Crippen LogP contribution in [-0.4, -0.2) is 22.1 Å². The molecule has 0 spiro atoms. The molecule has 6 heteroatoms. The molecular formula is C21H20O4S2. The second kappa shape index (κ2) is 6.77. The third kappa shape index (κ3) is 3.17. The van der Waals surface area contributed by atoms with Crippen LogP contribution in [0, 0.1) is 11.8 Å². The Morgan fingerprint density at radius 1 is 0.815 bits per heavy atom. The minimum absolute atomic E-state index is 0.0306. The number of sulfone groups is 2. The topological polar surface area (TPSA) is 68.3 Å². The molecule has 0 saturated heterocycles. The molecule has 3 atom stereocenters. The van der Waals surface area contributed by atoms with Crippen LogP contribution in [0.5, 0.6) is 0 Å². The standard InChI is InChI=1S/C21H20O4S2/c22-26(23,16-9-3-1-4-10-16)15-20-18-13-7-8-14-19(18)21(20)27(24,25)17-11-5-2-6-12-17/h1-6,8-12,14-15,18-19,21H,7,13H2/b20-15+/t18-,19+,21+/m1/s1. The normalized spacial score (nSPS) is 26.4. The highest BCUT2D eigenvalue weighted by Crippen LogP contribution is 2.51. The van der Waals surface area contributed by atoms with Gasteiger partial charge in [-0.15, -0.1) is 0 Å². The summed E-state index contributed by atoms with van der Waals surface area (Å²) in [5.41, 5.74) is 0.511. The smallest absolute Gasteiger partial charge is 0.199 e. The summed E-state index contributed by atoms with van der Waals surface area (Å²) in [4.78, 5) is 0.415. The van der Waals surface area contributed by atoms with Crippen molar-refractivity contribution in [3.63, 3.8) is 0 Å².